The van der Waals surface area contributed by atoms with Gasteiger partial charge in [0.25, 0.3) is 0 Å². The highest BCUT2D eigenvalue weighted by Gasteiger charge is 2.25. The fourth-order valence-corrected chi connectivity index (χ4v) is 4.13. The number of benzene rings is 3. The lowest BCUT2D eigenvalue weighted by atomic mass is 10.0. The van der Waals surface area contributed by atoms with Gasteiger partial charge in [0, 0.05) is 12.4 Å². The number of esters is 1. The van der Waals surface area contributed by atoms with E-state index in [-0.39, 0.29) is 18.9 Å². The zero-order chi connectivity index (χ0) is 21.9. The largest absolute Gasteiger partial charge is 0.461 e. The van der Waals surface area contributed by atoms with Gasteiger partial charge in [0.15, 0.2) is 0 Å². The molecule has 158 valence electrons. The Labute approximate surface area is 185 Å². The second kappa shape index (κ2) is 8.59. The first kappa shape index (κ1) is 19.9. The lowest BCUT2D eigenvalue weighted by molar-refractivity contribution is -0.118. The lowest BCUT2D eigenvalue weighted by Gasteiger charge is -2.25. The van der Waals surface area contributed by atoms with Gasteiger partial charge in [-0.25, -0.2) is 4.79 Å². The maximum absolute atomic E-state index is 13.3. The number of rotatable bonds is 4. The third-order valence-corrected chi connectivity index (χ3v) is 5.65. The minimum Gasteiger partial charge on any atom is -0.461 e. The summed E-state index contributed by atoms with van der Waals surface area (Å²) in [5.41, 5.74) is 5.48. The standard InChI is InChI=1S/C26H21N3O3/c30-24(14-17-32-26(31)20-8-5-9-21-25(20)28-16-15-27-21)29-22-10-3-1-6-18(22)12-13-19-7-2-4-11-23(19)29/h1-11,15-16H,12-14,17H2. The van der Waals surface area contributed by atoms with Gasteiger partial charge in [-0.3, -0.25) is 19.7 Å². The molecule has 0 spiro atoms. The predicted molar refractivity (Wildman–Crippen MR) is 122 cm³/mol. The average Bonchev–Trinajstić information content (AvgIpc) is 3.00. The molecule has 32 heavy (non-hydrogen) atoms. The Morgan fingerprint density at radius 3 is 2.19 bits per heavy atom. The highest BCUT2D eigenvalue weighted by atomic mass is 16.5. The molecule has 0 fully saturated rings. The molecule has 0 atom stereocenters. The van der Waals surface area contributed by atoms with Crippen molar-refractivity contribution in [1.82, 2.24) is 9.97 Å². The van der Waals surface area contributed by atoms with Gasteiger partial charge < -0.3 is 4.74 Å². The quantitative estimate of drug-likeness (QED) is 0.447. The van der Waals surface area contributed by atoms with Crippen molar-refractivity contribution in [3.8, 4) is 0 Å². The molecule has 0 aliphatic carbocycles. The summed E-state index contributed by atoms with van der Waals surface area (Å²) in [6.45, 7) is -0.0187. The third-order valence-electron chi connectivity index (χ3n) is 5.65. The SMILES string of the molecule is O=C(OCCC(=O)N1c2ccccc2CCc2ccccc21)c1cccc2nccnc12. The zero-order valence-corrected chi connectivity index (χ0v) is 17.4. The fourth-order valence-electron chi connectivity index (χ4n) is 4.13. The molecule has 0 N–H and O–H groups in total. The second-order valence-corrected chi connectivity index (χ2v) is 7.60. The number of nitrogens with zero attached hydrogens (tertiary/aromatic N) is 3. The van der Waals surface area contributed by atoms with Gasteiger partial charge in [-0.2, -0.15) is 0 Å². The number of para-hydroxylation sites is 3. The summed E-state index contributed by atoms with van der Waals surface area (Å²) in [7, 11) is 0. The van der Waals surface area contributed by atoms with Crippen molar-refractivity contribution >= 4 is 34.3 Å². The maximum atomic E-state index is 13.3. The first-order valence-corrected chi connectivity index (χ1v) is 10.6. The first-order chi connectivity index (χ1) is 15.7. The zero-order valence-electron chi connectivity index (χ0n) is 17.4. The van der Waals surface area contributed by atoms with E-state index in [1.807, 2.05) is 36.4 Å². The maximum Gasteiger partial charge on any atom is 0.340 e. The Balaban J connectivity index is 1.35. The number of fused-ring (bicyclic) bond motifs is 3. The lowest BCUT2D eigenvalue weighted by Crippen LogP contribution is -2.28. The Kier molecular flexibility index (Phi) is 5.34. The van der Waals surface area contributed by atoms with E-state index in [4.69, 9.17) is 4.74 Å². The van der Waals surface area contributed by atoms with Crippen molar-refractivity contribution in [2.75, 3.05) is 11.5 Å². The molecule has 3 aromatic carbocycles. The summed E-state index contributed by atoms with van der Waals surface area (Å²) < 4.78 is 5.45. The van der Waals surface area contributed by atoms with Crippen LogP contribution >= 0.6 is 0 Å². The van der Waals surface area contributed by atoms with Crippen molar-refractivity contribution in [2.24, 2.45) is 0 Å². The predicted octanol–water partition coefficient (Wildman–Crippen LogP) is 4.64. The van der Waals surface area contributed by atoms with Gasteiger partial charge in [-0.15, -0.1) is 0 Å². The van der Waals surface area contributed by atoms with E-state index in [2.05, 4.69) is 22.1 Å². The summed E-state index contributed by atoms with van der Waals surface area (Å²) in [5.74, 6) is -0.627. The molecule has 6 heteroatoms. The van der Waals surface area contributed by atoms with Crippen molar-refractivity contribution in [3.63, 3.8) is 0 Å². The van der Waals surface area contributed by atoms with E-state index < -0.39 is 5.97 Å². The summed E-state index contributed by atoms with van der Waals surface area (Å²) in [5, 5.41) is 0. The van der Waals surface area contributed by atoms with Gasteiger partial charge in [0.2, 0.25) is 5.91 Å². The van der Waals surface area contributed by atoms with Crippen LogP contribution in [0.3, 0.4) is 0 Å². The molecule has 4 aromatic rings. The van der Waals surface area contributed by atoms with Gasteiger partial charge in [0.05, 0.1) is 28.9 Å². The van der Waals surface area contributed by atoms with Gasteiger partial charge in [-0.1, -0.05) is 42.5 Å². The van der Waals surface area contributed by atoms with Crippen LogP contribution in [0.1, 0.15) is 27.9 Å². The van der Waals surface area contributed by atoms with Crippen LogP contribution in [0.15, 0.2) is 79.1 Å². The van der Waals surface area contributed by atoms with Gasteiger partial charge >= 0.3 is 5.97 Å². The number of aromatic nitrogens is 2. The van der Waals surface area contributed by atoms with E-state index in [0.717, 1.165) is 35.3 Å². The Morgan fingerprint density at radius 2 is 1.47 bits per heavy atom. The van der Waals surface area contributed by atoms with Crippen LogP contribution in [-0.4, -0.2) is 28.5 Å². The van der Waals surface area contributed by atoms with E-state index in [0.29, 0.717) is 16.6 Å². The van der Waals surface area contributed by atoms with Crippen molar-refractivity contribution in [2.45, 2.75) is 19.3 Å². The Hall–Kier alpha value is -4.06. The molecule has 0 saturated heterocycles. The first-order valence-electron chi connectivity index (χ1n) is 10.6. The molecular weight excluding hydrogens is 402 g/mol. The van der Waals surface area contributed by atoms with Crippen LogP contribution in [0.5, 0.6) is 0 Å². The average molecular weight is 423 g/mol. The molecule has 0 radical (unpaired) electrons. The highest BCUT2D eigenvalue weighted by Crippen LogP contribution is 2.36. The molecule has 0 bridgehead atoms. The van der Waals surface area contributed by atoms with Crippen molar-refractivity contribution in [3.05, 3.63) is 95.8 Å². The van der Waals surface area contributed by atoms with Gasteiger partial charge in [0.1, 0.15) is 12.1 Å². The summed E-state index contributed by atoms with van der Waals surface area (Å²) in [4.78, 5) is 36.2. The third kappa shape index (κ3) is 3.71. The molecule has 1 aliphatic heterocycles. The Morgan fingerprint density at radius 1 is 0.812 bits per heavy atom. The fraction of sp³-hybridized carbons (Fsp3) is 0.154. The minimum absolute atomic E-state index is 0.0187. The number of hydrogen-bond donors (Lipinski definition) is 0. The Bertz CT molecular complexity index is 1270. The smallest absolute Gasteiger partial charge is 0.340 e. The minimum atomic E-state index is -0.513. The van der Waals surface area contributed by atoms with Crippen LogP contribution in [0, 0.1) is 0 Å². The molecule has 1 aliphatic rings. The van der Waals surface area contributed by atoms with Gasteiger partial charge in [-0.05, 0) is 48.2 Å². The second-order valence-electron chi connectivity index (χ2n) is 7.60. The number of amides is 1. The molecule has 0 saturated carbocycles. The molecule has 6 nitrogen and oxygen atoms in total. The number of carbonyl (C=O) groups is 2. The molecule has 1 aromatic heterocycles. The molecule has 2 heterocycles. The molecular formula is C26H21N3O3. The number of ether oxygens (including phenoxy) is 1. The van der Waals surface area contributed by atoms with E-state index in [1.54, 1.807) is 29.3 Å². The highest BCUT2D eigenvalue weighted by molar-refractivity contribution is 6.03. The van der Waals surface area contributed by atoms with Crippen LogP contribution in [-0.2, 0) is 22.4 Å². The van der Waals surface area contributed by atoms with Crippen LogP contribution in [0.25, 0.3) is 11.0 Å². The monoisotopic (exact) mass is 423 g/mol. The van der Waals surface area contributed by atoms with E-state index in [9.17, 15) is 9.59 Å². The number of hydrogen-bond acceptors (Lipinski definition) is 5. The van der Waals surface area contributed by atoms with Crippen LogP contribution < -0.4 is 4.90 Å². The number of aryl methyl sites for hydroxylation is 2. The number of carbonyl (C=O) groups excluding carboxylic acids is 2. The topological polar surface area (TPSA) is 72.4 Å². The summed E-state index contributed by atoms with van der Waals surface area (Å²) in [6, 6.07) is 21.1. The van der Waals surface area contributed by atoms with E-state index in [1.165, 1.54) is 6.20 Å². The number of anilines is 2. The summed E-state index contributed by atoms with van der Waals surface area (Å²) >= 11 is 0. The molecule has 0 unspecified atom stereocenters. The van der Waals surface area contributed by atoms with Crippen molar-refractivity contribution in [1.29, 1.82) is 0 Å². The summed E-state index contributed by atoms with van der Waals surface area (Å²) in [6.07, 6.45) is 4.93. The van der Waals surface area contributed by atoms with E-state index >= 15 is 0 Å². The molecule has 5 rings (SSSR count). The molecule has 1 amide bonds. The van der Waals surface area contributed by atoms with Crippen LogP contribution in [0.2, 0.25) is 0 Å². The van der Waals surface area contributed by atoms with Crippen molar-refractivity contribution < 1.29 is 14.3 Å². The normalized spacial score (nSPS) is 12.6. The van der Waals surface area contributed by atoms with Crippen LogP contribution in [0.4, 0.5) is 11.4 Å².